The first-order chi connectivity index (χ1) is 28.5. The lowest BCUT2D eigenvalue weighted by Gasteiger charge is -2.24. The maximum Gasteiger partial charge on any atom is 0.472 e. The first kappa shape index (κ1) is 54.4. The molecule has 1 saturated heterocycles. The lowest BCUT2D eigenvalue weighted by atomic mass is 10.1. The van der Waals surface area contributed by atoms with Crippen molar-refractivity contribution in [1.29, 1.82) is 0 Å². The summed E-state index contributed by atoms with van der Waals surface area (Å²) in [7, 11) is 1.42. The third kappa shape index (κ3) is 36.9. The minimum absolute atomic E-state index is 0.0145. The van der Waals surface area contributed by atoms with Crippen LogP contribution in [-0.2, 0) is 37.4 Å². The van der Waals surface area contributed by atoms with E-state index >= 15 is 0 Å². The standard InChI is InChI=1S/C48H82NO9P/c1-6-8-10-11-12-13-14-15-16-17-22-25-28-31-35-39-48(51)57-44(43-56-59(52,53)55-41-40-49(3,4)5)42-54-47(50)38-34-30-27-24-21-19-18-20-23-26-29-33-37-46-45(58-46)36-32-9-7-2/h9,13-14,19-21,23,27,29-30,32-33,44-46H,6-8,10-12,15-18,22,24-26,28,31,34-43H2,1-5H3/p+1/b14-13-,21-19-,23-20-,30-27-,32-9-,33-29-/t44-,45?,46?/m1/s1. The second kappa shape index (κ2) is 36.1. The van der Waals surface area contributed by atoms with Gasteiger partial charge in [-0.2, -0.15) is 0 Å². The summed E-state index contributed by atoms with van der Waals surface area (Å²) in [4.78, 5) is 35.4. The predicted octanol–water partition coefficient (Wildman–Crippen LogP) is 12.0. The van der Waals surface area contributed by atoms with Crippen LogP contribution in [0.3, 0.4) is 0 Å². The van der Waals surface area contributed by atoms with Gasteiger partial charge in [0.05, 0.1) is 40.0 Å². The van der Waals surface area contributed by atoms with Crippen LogP contribution >= 0.6 is 7.82 Å². The number of esters is 2. The van der Waals surface area contributed by atoms with E-state index in [1.165, 1.54) is 51.4 Å². The average molecular weight is 849 g/mol. The van der Waals surface area contributed by atoms with Crippen LogP contribution in [0.4, 0.5) is 0 Å². The molecule has 0 aliphatic carbocycles. The van der Waals surface area contributed by atoms with E-state index in [1.807, 2.05) is 33.3 Å². The molecule has 0 spiro atoms. The summed E-state index contributed by atoms with van der Waals surface area (Å²) in [6, 6.07) is 0. The first-order valence-corrected chi connectivity index (χ1v) is 24.3. The van der Waals surface area contributed by atoms with Gasteiger partial charge in [-0.05, 0) is 77.0 Å². The zero-order valence-electron chi connectivity index (χ0n) is 37.7. The van der Waals surface area contributed by atoms with Crippen LogP contribution in [0.2, 0.25) is 0 Å². The van der Waals surface area contributed by atoms with Crippen LogP contribution in [-0.4, -0.2) is 87.1 Å². The number of epoxide rings is 1. The fourth-order valence-electron chi connectivity index (χ4n) is 5.96. The quantitative estimate of drug-likeness (QED) is 0.0161. The Labute approximate surface area is 359 Å². The van der Waals surface area contributed by atoms with Crippen LogP contribution in [0.25, 0.3) is 0 Å². The molecule has 10 nitrogen and oxygen atoms in total. The Kier molecular flexibility index (Phi) is 33.3. The highest BCUT2D eigenvalue weighted by Crippen LogP contribution is 2.43. The number of carbonyl (C=O) groups excluding carboxylic acids is 2. The number of quaternary nitrogens is 1. The average Bonchev–Trinajstić information content (AvgIpc) is 3.94. The van der Waals surface area contributed by atoms with Crippen LogP contribution < -0.4 is 0 Å². The molecule has 338 valence electrons. The zero-order chi connectivity index (χ0) is 43.3. The molecule has 1 aliphatic heterocycles. The molecule has 59 heavy (non-hydrogen) atoms. The number of likely N-dealkylation sites (N-methyl/N-ethyl adjacent to an activating group) is 1. The summed E-state index contributed by atoms with van der Waals surface area (Å²) < 4.78 is 39.9. The Hall–Kier alpha value is -2.59. The topological polar surface area (TPSA) is 121 Å². The van der Waals surface area contributed by atoms with Gasteiger partial charge in [0.1, 0.15) is 19.8 Å². The molecule has 0 aromatic carbocycles. The van der Waals surface area contributed by atoms with Gasteiger partial charge in [0.2, 0.25) is 0 Å². The third-order valence-electron chi connectivity index (χ3n) is 9.64. The van der Waals surface area contributed by atoms with E-state index in [1.54, 1.807) is 0 Å². The Morgan fingerprint density at radius 3 is 1.75 bits per heavy atom. The Morgan fingerprint density at radius 2 is 1.15 bits per heavy atom. The molecule has 1 fully saturated rings. The maximum absolute atomic E-state index is 12.7. The number of hydrogen-bond donors (Lipinski definition) is 1. The van der Waals surface area contributed by atoms with Crippen molar-refractivity contribution in [1.82, 2.24) is 0 Å². The number of hydrogen-bond acceptors (Lipinski definition) is 8. The molecule has 1 heterocycles. The molecule has 1 aliphatic rings. The summed E-state index contributed by atoms with van der Waals surface area (Å²) in [5.74, 6) is -0.911. The highest BCUT2D eigenvalue weighted by atomic mass is 31.2. The van der Waals surface area contributed by atoms with Gasteiger partial charge < -0.3 is 23.6 Å². The van der Waals surface area contributed by atoms with Crippen molar-refractivity contribution in [2.75, 3.05) is 47.5 Å². The van der Waals surface area contributed by atoms with Crippen molar-refractivity contribution >= 4 is 19.8 Å². The highest BCUT2D eigenvalue weighted by Gasteiger charge is 2.36. The second-order valence-electron chi connectivity index (χ2n) is 16.4. The van der Waals surface area contributed by atoms with Gasteiger partial charge in [-0.3, -0.25) is 18.6 Å². The largest absolute Gasteiger partial charge is 0.472 e. The number of unbranched alkanes of at least 4 members (excludes halogenated alkanes) is 11. The molecular formula is C48H83NO9P+. The Balaban J connectivity index is 2.32. The molecule has 11 heteroatoms. The van der Waals surface area contributed by atoms with Crippen LogP contribution in [0.5, 0.6) is 0 Å². The van der Waals surface area contributed by atoms with E-state index in [9.17, 15) is 19.0 Å². The smallest absolute Gasteiger partial charge is 0.462 e. The Morgan fingerprint density at radius 1 is 0.627 bits per heavy atom. The first-order valence-electron chi connectivity index (χ1n) is 22.8. The fourth-order valence-corrected chi connectivity index (χ4v) is 6.70. The van der Waals surface area contributed by atoms with Gasteiger partial charge in [0, 0.05) is 12.8 Å². The number of phosphoric ester groups is 1. The van der Waals surface area contributed by atoms with Crippen molar-refractivity contribution in [3.63, 3.8) is 0 Å². The molecule has 0 radical (unpaired) electrons. The maximum atomic E-state index is 12.7. The Bertz CT molecular complexity index is 1300. The lowest BCUT2D eigenvalue weighted by molar-refractivity contribution is -0.870. The number of phosphoric acid groups is 1. The highest BCUT2D eigenvalue weighted by molar-refractivity contribution is 7.47. The summed E-state index contributed by atoms with van der Waals surface area (Å²) in [6.45, 7) is 4.18. The SMILES string of the molecule is CC/C=C\CC1OC1C/C=C\C/C=C\C/C=C\C/C=C\CCC(=O)OC[C@H](COP(=O)(O)OCC[N+](C)(C)C)OC(=O)CCCCCCCCC/C=C\CCCCCC. The summed E-state index contributed by atoms with van der Waals surface area (Å²) >= 11 is 0. The second-order valence-corrected chi connectivity index (χ2v) is 17.9. The third-order valence-corrected chi connectivity index (χ3v) is 10.6. The van der Waals surface area contributed by atoms with Gasteiger partial charge in [-0.15, -0.1) is 0 Å². The molecule has 0 saturated carbocycles. The molecular weight excluding hydrogens is 765 g/mol. The molecule has 1 N–H and O–H groups in total. The van der Waals surface area contributed by atoms with Gasteiger partial charge >= 0.3 is 19.8 Å². The van der Waals surface area contributed by atoms with E-state index in [-0.39, 0.29) is 26.1 Å². The minimum Gasteiger partial charge on any atom is -0.462 e. The van der Waals surface area contributed by atoms with Crippen LogP contribution in [0.1, 0.15) is 155 Å². The van der Waals surface area contributed by atoms with Gasteiger partial charge in [0.25, 0.3) is 0 Å². The molecule has 0 aromatic heterocycles. The van der Waals surface area contributed by atoms with E-state index in [0.29, 0.717) is 36.1 Å². The number of allylic oxidation sites excluding steroid dienone is 10. The van der Waals surface area contributed by atoms with Crippen molar-refractivity contribution in [2.24, 2.45) is 0 Å². The van der Waals surface area contributed by atoms with Gasteiger partial charge in [0.15, 0.2) is 6.10 Å². The summed E-state index contributed by atoms with van der Waals surface area (Å²) in [5, 5.41) is 0. The molecule has 0 aromatic rings. The lowest BCUT2D eigenvalue weighted by Crippen LogP contribution is -2.37. The summed E-state index contributed by atoms with van der Waals surface area (Å²) in [6.07, 6.45) is 47.2. The van der Waals surface area contributed by atoms with Crippen LogP contribution in [0, 0.1) is 0 Å². The number of nitrogens with zero attached hydrogens (tertiary/aromatic N) is 1. The number of ether oxygens (including phenoxy) is 3. The number of carbonyl (C=O) groups is 2. The fraction of sp³-hybridized carbons (Fsp3) is 0.708. The van der Waals surface area contributed by atoms with Crippen molar-refractivity contribution < 1.29 is 46.8 Å². The van der Waals surface area contributed by atoms with Crippen molar-refractivity contribution in [3.05, 3.63) is 72.9 Å². The van der Waals surface area contributed by atoms with Crippen molar-refractivity contribution in [3.8, 4) is 0 Å². The monoisotopic (exact) mass is 849 g/mol. The molecule has 3 unspecified atom stereocenters. The molecule has 0 bridgehead atoms. The summed E-state index contributed by atoms with van der Waals surface area (Å²) in [5.41, 5.74) is 0. The minimum atomic E-state index is -4.40. The van der Waals surface area contributed by atoms with E-state index in [4.69, 9.17) is 23.3 Å². The normalized spacial score (nSPS) is 17.7. The van der Waals surface area contributed by atoms with Gasteiger partial charge in [-0.25, -0.2) is 4.57 Å². The zero-order valence-corrected chi connectivity index (χ0v) is 38.5. The number of rotatable bonds is 39. The molecule has 0 amide bonds. The van der Waals surface area contributed by atoms with E-state index in [2.05, 4.69) is 74.6 Å². The predicted molar refractivity (Wildman–Crippen MR) is 242 cm³/mol. The van der Waals surface area contributed by atoms with Gasteiger partial charge in [-0.1, -0.05) is 138 Å². The van der Waals surface area contributed by atoms with Crippen molar-refractivity contribution in [2.45, 2.75) is 173 Å². The van der Waals surface area contributed by atoms with E-state index < -0.39 is 32.5 Å². The molecule has 4 atom stereocenters. The molecule has 1 rings (SSSR count). The van der Waals surface area contributed by atoms with Crippen LogP contribution in [0.15, 0.2) is 72.9 Å². The van der Waals surface area contributed by atoms with E-state index in [0.717, 1.165) is 64.2 Å².